The third-order valence-electron chi connectivity index (χ3n) is 5.47. The fourth-order valence-corrected chi connectivity index (χ4v) is 5.95. The predicted molar refractivity (Wildman–Crippen MR) is 71.9 cm³/mol. The molecule has 1 aromatic rings. The second-order valence-electron chi connectivity index (χ2n) is 6.74. The average molecular weight is 264 g/mol. The Balaban J connectivity index is 1.67. The molecule has 1 unspecified atom stereocenters. The lowest BCUT2D eigenvalue weighted by Gasteiger charge is -2.58. The van der Waals surface area contributed by atoms with Gasteiger partial charge in [-0.3, -0.25) is 0 Å². The van der Waals surface area contributed by atoms with Crippen molar-refractivity contribution in [1.82, 2.24) is 10.2 Å². The van der Waals surface area contributed by atoms with E-state index in [-0.39, 0.29) is 6.04 Å². The molecule has 98 valence electrons. The molecular weight excluding hydrogens is 244 g/mol. The van der Waals surface area contributed by atoms with Gasteiger partial charge in [-0.15, -0.1) is 10.2 Å². The first kappa shape index (κ1) is 11.2. The van der Waals surface area contributed by atoms with Crippen LogP contribution < -0.4 is 11.5 Å². The Morgan fingerprint density at radius 1 is 1.06 bits per heavy atom. The fourth-order valence-electron chi connectivity index (χ4n) is 5.19. The van der Waals surface area contributed by atoms with Crippen molar-refractivity contribution in [3.8, 4) is 0 Å². The number of hydrogen-bond acceptors (Lipinski definition) is 5. The molecular formula is C13H20N4S. The molecule has 5 heteroatoms. The standard InChI is InChI=1S/C13H20N4S/c14-10(11-16-17-12(15)18-11)13-4-7-1-8(5-13)3-9(2-7)6-13/h7-10H,1-6,14H2,(H2,15,17). The third kappa shape index (κ3) is 1.53. The van der Waals surface area contributed by atoms with Crippen molar-refractivity contribution < 1.29 is 0 Å². The highest BCUT2D eigenvalue weighted by Crippen LogP contribution is 2.63. The van der Waals surface area contributed by atoms with Gasteiger partial charge in [-0.1, -0.05) is 11.3 Å². The lowest BCUT2D eigenvalue weighted by atomic mass is 9.48. The van der Waals surface area contributed by atoms with Crippen molar-refractivity contribution in [2.24, 2.45) is 28.9 Å². The SMILES string of the molecule is Nc1nnc(C(N)C23CC4CC(CC(C4)C2)C3)s1. The maximum absolute atomic E-state index is 6.56. The first-order valence-electron chi connectivity index (χ1n) is 6.99. The molecule has 0 spiro atoms. The highest BCUT2D eigenvalue weighted by Gasteiger charge is 2.54. The van der Waals surface area contributed by atoms with E-state index in [9.17, 15) is 0 Å². The molecule has 0 saturated heterocycles. The van der Waals surface area contributed by atoms with E-state index in [0.717, 1.165) is 22.8 Å². The molecule has 4 aliphatic rings. The number of nitrogens with zero attached hydrogens (tertiary/aromatic N) is 2. The minimum atomic E-state index is 0.0562. The largest absolute Gasteiger partial charge is 0.374 e. The number of aromatic nitrogens is 2. The number of rotatable bonds is 2. The molecule has 4 nitrogen and oxygen atoms in total. The second kappa shape index (κ2) is 3.67. The van der Waals surface area contributed by atoms with Crippen LogP contribution in [0.2, 0.25) is 0 Å². The molecule has 0 aromatic carbocycles. The number of hydrogen-bond donors (Lipinski definition) is 2. The minimum Gasteiger partial charge on any atom is -0.374 e. The molecule has 4 bridgehead atoms. The highest BCUT2D eigenvalue weighted by atomic mass is 32.1. The molecule has 0 amide bonds. The number of nitrogens with two attached hydrogens (primary N) is 2. The Kier molecular flexibility index (Phi) is 2.28. The van der Waals surface area contributed by atoms with Crippen molar-refractivity contribution in [3.63, 3.8) is 0 Å². The van der Waals surface area contributed by atoms with Gasteiger partial charge in [0.1, 0.15) is 5.01 Å². The van der Waals surface area contributed by atoms with Gasteiger partial charge in [0.2, 0.25) is 5.13 Å². The normalized spacial score (nSPS) is 43.3. The Morgan fingerprint density at radius 3 is 2.06 bits per heavy atom. The lowest BCUT2D eigenvalue weighted by molar-refractivity contribution is -0.0678. The van der Waals surface area contributed by atoms with Crippen LogP contribution in [-0.2, 0) is 0 Å². The molecule has 4 saturated carbocycles. The van der Waals surface area contributed by atoms with Crippen LogP contribution in [-0.4, -0.2) is 10.2 Å². The van der Waals surface area contributed by atoms with Crippen LogP contribution in [0.5, 0.6) is 0 Å². The van der Waals surface area contributed by atoms with Gasteiger partial charge in [0, 0.05) is 0 Å². The molecule has 4 fully saturated rings. The Labute approximate surface area is 111 Å². The van der Waals surface area contributed by atoms with Gasteiger partial charge in [0.15, 0.2) is 0 Å². The van der Waals surface area contributed by atoms with E-state index in [1.807, 2.05) is 0 Å². The zero-order valence-electron chi connectivity index (χ0n) is 10.5. The van der Waals surface area contributed by atoms with Crippen LogP contribution in [0.3, 0.4) is 0 Å². The summed E-state index contributed by atoms with van der Waals surface area (Å²) >= 11 is 1.48. The summed E-state index contributed by atoms with van der Waals surface area (Å²) in [7, 11) is 0. The quantitative estimate of drug-likeness (QED) is 0.859. The second-order valence-corrected chi connectivity index (χ2v) is 7.78. The van der Waals surface area contributed by atoms with Crippen LogP contribution in [0.15, 0.2) is 0 Å². The van der Waals surface area contributed by atoms with Crippen molar-refractivity contribution in [2.45, 2.75) is 44.6 Å². The molecule has 1 aromatic heterocycles. The lowest BCUT2D eigenvalue weighted by Crippen LogP contribution is -2.50. The summed E-state index contributed by atoms with van der Waals surface area (Å²) in [5.74, 6) is 2.77. The zero-order valence-corrected chi connectivity index (χ0v) is 11.3. The summed E-state index contributed by atoms with van der Waals surface area (Å²) in [4.78, 5) is 0. The van der Waals surface area contributed by atoms with E-state index in [1.165, 1.54) is 49.9 Å². The van der Waals surface area contributed by atoms with E-state index < -0.39 is 0 Å². The summed E-state index contributed by atoms with van der Waals surface area (Å²) in [5.41, 5.74) is 12.6. The average Bonchev–Trinajstić information content (AvgIpc) is 2.73. The molecule has 1 heterocycles. The van der Waals surface area contributed by atoms with Gasteiger partial charge in [-0.2, -0.15) is 0 Å². The number of nitrogen functional groups attached to an aromatic ring is 1. The summed E-state index contributed by atoms with van der Waals surface area (Å²) < 4.78 is 0. The molecule has 4 aliphatic carbocycles. The molecule has 18 heavy (non-hydrogen) atoms. The highest BCUT2D eigenvalue weighted by molar-refractivity contribution is 7.15. The fraction of sp³-hybridized carbons (Fsp3) is 0.846. The molecule has 0 radical (unpaired) electrons. The van der Waals surface area contributed by atoms with Crippen LogP contribution in [0, 0.1) is 23.2 Å². The number of anilines is 1. The van der Waals surface area contributed by atoms with Gasteiger partial charge in [-0.05, 0) is 61.7 Å². The van der Waals surface area contributed by atoms with E-state index in [0.29, 0.717) is 10.5 Å². The Bertz CT molecular complexity index is 434. The maximum atomic E-state index is 6.56. The van der Waals surface area contributed by atoms with E-state index >= 15 is 0 Å². The first-order valence-corrected chi connectivity index (χ1v) is 7.81. The third-order valence-corrected chi connectivity index (χ3v) is 6.30. The van der Waals surface area contributed by atoms with Crippen molar-refractivity contribution in [1.29, 1.82) is 0 Å². The summed E-state index contributed by atoms with van der Waals surface area (Å²) in [6.07, 6.45) is 8.26. The molecule has 0 aliphatic heterocycles. The van der Waals surface area contributed by atoms with Gasteiger partial charge in [-0.25, -0.2) is 0 Å². The smallest absolute Gasteiger partial charge is 0.203 e. The molecule has 5 rings (SSSR count). The van der Waals surface area contributed by atoms with E-state index in [1.54, 1.807) is 0 Å². The summed E-state index contributed by atoms with van der Waals surface area (Å²) in [6.45, 7) is 0. The van der Waals surface area contributed by atoms with Crippen molar-refractivity contribution in [3.05, 3.63) is 5.01 Å². The Hall–Kier alpha value is -0.680. The summed E-state index contributed by atoms with van der Waals surface area (Å²) in [5, 5.41) is 9.62. The van der Waals surface area contributed by atoms with Crippen LogP contribution in [0.1, 0.15) is 49.6 Å². The van der Waals surface area contributed by atoms with Crippen molar-refractivity contribution in [2.75, 3.05) is 5.73 Å². The van der Waals surface area contributed by atoms with Gasteiger partial charge >= 0.3 is 0 Å². The van der Waals surface area contributed by atoms with Crippen LogP contribution in [0.25, 0.3) is 0 Å². The Morgan fingerprint density at radius 2 is 1.61 bits per heavy atom. The maximum Gasteiger partial charge on any atom is 0.203 e. The monoisotopic (exact) mass is 264 g/mol. The van der Waals surface area contributed by atoms with E-state index in [4.69, 9.17) is 11.5 Å². The predicted octanol–water partition coefficient (Wildman–Crippen LogP) is 2.34. The molecule has 1 atom stereocenters. The minimum absolute atomic E-state index is 0.0562. The summed E-state index contributed by atoms with van der Waals surface area (Å²) in [6, 6.07) is 0.0562. The first-order chi connectivity index (χ1) is 8.64. The van der Waals surface area contributed by atoms with Crippen LogP contribution >= 0.6 is 11.3 Å². The molecule has 4 N–H and O–H groups in total. The van der Waals surface area contributed by atoms with Crippen molar-refractivity contribution >= 4 is 16.5 Å². The van der Waals surface area contributed by atoms with Gasteiger partial charge < -0.3 is 11.5 Å². The van der Waals surface area contributed by atoms with E-state index in [2.05, 4.69) is 10.2 Å². The zero-order chi connectivity index (χ0) is 12.3. The van der Waals surface area contributed by atoms with Crippen LogP contribution in [0.4, 0.5) is 5.13 Å². The van der Waals surface area contributed by atoms with Gasteiger partial charge in [0.25, 0.3) is 0 Å². The van der Waals surface area contributed by atoms with Gasteiger partial charge in [0.05, 0.1) is 6.04 Å². The topological polar surface area (TPSA) is 77.8 Å².